The Balaban J connectivity index is 1.15. The van der Waals surface area contributed by atoms with Crippen molar-refractivity contribution in [2.75, 3.05) is 25.3 Å². The van der Waals surface area contributed by atoms with Crippen molar-refractivity contribution in [3.63, 3.8) is 0 Å². The zero-order valence-corrected chi connectivity index (χ0v) is 30.7. The van der Waals surface area contributed by atoms with Crippen LogP contribution in [0.1, 0.15) is 66.0 Å². The lowest BCUT2D eigenvalue weighted by atomic mass is 9.82. The molecule has 0 radical (unpaired) electrons. The molecule has 1 atom stereocenters. The Labute approximate surface area is 299 Å². The summed E-state index contributed by atoms with van der Waals surface area (Å²) in [4.78, 5) is 25.2. The molecule has 264 valence electrons. The molecule has 0 aliphatic heterocycles. The van der Waals surface area contributed by atoms with Gasteiger partial charge in [-0.3, -0.25) is 4.79 Å². The third-order valence-corrected chi connectivity index (χ3v) is 12.0. The minimum atomic E-state index is -3.43. The van der Waals surface area contributed by atoms with E-state index in [1.165, 1.54) is 6.26 Å². The van der Waals surface area contributed by atoms with E-state index in [-0.39, 0.29) is 16.3 Å². The zero-order chi connectivity index (χ0) is 36.1. The van der Waals surface area contributed by atoms with E-state index >= 15 is 0 Å². The van der Waals surface area contributed by atoms with E-state index in [1.807, 2.05) is 67.0 Å². The second kappa shape index (κ2) is 12.9. The van der Waals surface area contributed by atoms with Gasteiger partial charge >= 0.3 is 6.01 Å². The van der Waals surface area contributed by atoms with Gasteiger partial charge in [-0.1, -0.05) is 47.2 Å². The van der Waals surface area contributed by atoms with Crippen molar-refractivity contribution >= 4 is 27.2 Å². The van der Waals surface area contributed by atoms with Crippen LogP contribution in [0.3, 0.4) is 0 Å². The van der Waals surface area contributed by atoms with Crippen molar-refractivity contribution in [3.05, 3.63) is 107 Å². The molecule has 1 amide bonds. The molecule has 2 aromatic heterocycles. The van der Waals surface area contributed by atoms with E-state index in [0.29, 0.717) is 18.2 Å². The van der Waals surface area contributed by atoms with Crippen molar-refractivity contribution in [3.8, 4) is 17.3 Å². The Bertz CT molecular complexity index is 2240. The summed E-state index contributed by atoms with van der Waals surface area (Å²) in [5.41, 5.74) is 6.70. The van der Waals surface area contributed by atoms with E-state index in [2.05, 4.69) is 50.7 Å². The third-order valence-electron chi connectivity index (χ3n) is 10.9. The van der Waals surface area contributed by atoms with E-state index in [9.17, 15) is 13.2 Å². The number of aryl methyl sites for hydroxylation is 3. The van der Waals surface area contributed by atoms with Gasteiger partial charge in [0, 0.05) is 30.8 Å². The number of sulfone groups is 1. The first-order valence-electron chi connectivity index (χ1n) is 17.1. The van der Waals surface area contributed by atoms with Crippen LogP contribution in [0.15, 0.2) is 84.0 Å². The third kappa shape index (κ3) is 6.37. The molecule has 2 heterocycles. The minimum absolute atomic E-state index is 0.00937. The van der Waals surface area contributed by atoms with Crippen LogP contribution in [-0.2, 0) is 20.2 Å². The molecule has 5 aromatic rings. The van der Waals surface area contributed by atoms with E-state index in [1.54, 1.807) is 31.5 Å². The smallest absolute Gasteiger partial charge is 0.318 e. The molecular weight excluding hydrogens is 663 g/mol. The molecule has 7 rings (SSSR count). The second-order valence-corrected chi connectivity index (χ2v) is 16.3. The number of nitrogens with one attached hydrogen (secondary N) is 1. The Morgan fingerprint density at radius 2 is 1.76 bits per heavy atom. The number of hydrogen-bond donors (Lipinski definition) is 1. The number of nitrogens with zero attached hydrogens (tertiary/aromatic N) is 6. The highest BCUT2D eigenvalue weighted by molar-refractivity contribution is 7.90. The number of ether oxygens (including phenoxy) is 1. The number of fused-ring (bicyclic) bond motifs is 2. The van der Waals surface area contributed by atoms with Gasteiger partial charge in [-0.25, -0.2) is 18.1 Å². The van der Waals surface area contributed by atoms with Crippen molar-refractivity contribution in [2.24, 2.45) is 5.41 Å². The minimum Gasteiger partial charge on any atom is -0.467 e. The van der Waals surface area contributed by atoms with Crippen LogP contribution in [0, 0.1) is 26.2 Å². The Hall–Kier alpha value is -5.10. The molecule has 0 saturated heterocycles. The number of rotatable bonds is 10. The molecule has 1 unspecified atom stereocenters. The van der Waals surface area contributed by atoms with Crippen LogP contribution < -0.4 is 15.0 Å². The summed E-state index contributed by atoms with van der Waals surface area (Å²) in [5, 5.41) is 12.7. The number of anilines is 2. The average molecular weight is 706 g/mol. The predicted octanol–water partition coefficient (Wildman–Crippen LogP) is 6.41. The first-order valence-corrected chi connectivity index (χ1v) is 19.0. The molecule has 2 aliphatic carbocycles. The van der Waals surface area contributed by atoms with Gasteiger partial charge in [0.05, 0.1) is 35.2 Å². The Kier molecular flexibility index (Phi) is 8.69. The first kappa shape index (κ1) is 34.4. The van der Waals surface area contributed by atoms with Crippen molar-refractivity contribution in [1.82, 2.24) is 30.3 Å². The van der Waals surface area contributed by atoms with Gasteiger partial charge in [-0.15, -0.1) is 5.10 Å². The van der Waals surface area contributed by atoms with Crippen LogP contribution in [0.5, 0.6) is 6.01 Å². The number of carbonyl (C=O) groups is 1. The van der Waals surface area contributed by atoms with Gasteiger partial charge in [0.1, 0.15) is 11.5 Å². The number of methoxy groups -OCH3 is 1. The fourth-order valence-electron chi connectivity index (χ4n) is 7.96. The Morgan fingerprint density at radius 3 is 2.49 bits per heavy atom. The molecule has 0 spiro atoms. The first-order chi connectivity index (χ1) is 24.3. The topological polar surface area (TPSA) is 132 Å². The summed E-state index contributed by atoms with van der Waals surface area (Å²) in [6, 6.07) is 20.9. The summed E-state index contributed by atoms with van der Waals surface area (Å²) in [7, 11) is 0.0553. The van der Waals surface area contributed by atoms with E-state index in [4.69, 9.17) is 4.74 Å². The lowest BCUT2D eigenvalue weighted by Crippen LogP contribution is -2.40. The molecule has 1 N–H and O–H groups in total. The lowest BCUT2D eigenvalue weighted by Gasteiger charge is -2.30. The average Bonchev–Trinajstić information content (AvgIpc) is 3.87. The van der Waals surface area contributed by atoms with Crippen molar-refractivity contribution in [1.29, 1.82) is 0 Å². The number of hydrogen-bond acceptors (Lipinski definition) is 9. The number of benzene rings is 3. The maximum absolute atomic E-state index is 14.4. The standard InChI is InChI=1S/C39H43N7O4S/c1-25-10-13-31(27(3)20-25)35(28-8-7-9-30(21-28)51(6,48)49)42-36(47)38-15-17-39(24-38,18-16-38)46-23-33(43-44-46)32-22-29(12-11-26(32)2)45(4)34-14-19-40-37(41-34)50-5/h7-14,19-23,35H,15-18,24H2,1-6H3,(H,42,47). The van der Waals surface area contributed by atoms with Gasteiger partial charge in [0.15, 0.2) is 9.84 Å². The highest BCUT2D eigenvalue weighted by Crippen LogP contribution is 2.60. The Morgan fingerprint density at radius 1 is 0.980 bits per heavy atom. The maximum Gasteiger partial charge on any atom is 0.318 e. The molecule has 11 nitrogen and oxygen atoms in total. The summed E-state index contributed by atoms with van der Waals surface area (Å²) in [6.07, 6.45) is 8.66. The zero-order valence-electron chi connectivity index (χ0n) is 29.8. The fraction of sp³-hybridized carbons (Fsp3) is 0.359. The number of aromatic nitrogens is 5. The number of carbonyl (C=O) groups excluding carboxylic acids is 1. The molecule has 2 bridgehead atoms. The molecular formula is C39H43N7O4S. The largest absolute Gasteiger partial charge is 0.467 e. The van der Waals surface area contributed by atoms with E-state index in [0.717, 1.165) is 70.4 Å². The van der Waals surface area contributed by atoms with Crippen LogP contribution in [0.2, 0.25) is 0 Å². The highest BCUT2D eigenvalue weighted by atomic mass is 32.2. The molecule has 2 fully saturated rings. The van der Waals surface area contributed by atoms with Crippen molar-refractivity contribution < 1.29 is 17.9 Å². The van der Waals surface area contributed by atoms with Gasteiger partial charge in [-0.2, -0.15) is 4.98 Å². The van der Waals surface area contributed by atoms with Crippen molar-refractivity contribution in [2.45, 2.75) is 69.4 Å². The summed E-state index contributed by atoms with van der Waals surface area (Å²) < 4.78 is 32.2. The van der Waals surface area contributed by atoms with Crippen LogP contribution in [0.4, 0.5) is 11.5 Å². The lowest BCUT2D eigenvalue weighted by molar-refractivity contribution is -0.131. The van der Waals surface area contributed by atoms with Gasteiger partial charge in [0.2, 0.25) is 5.91 Å². The fourth-order valence-corrected chi connectivity index (χ4v) is 8.63. The monoisotopic (exact) mass is 705 g/mol. The van der Waals surface area contributed by atoms with Gasteiger partial charge < -0.3 is 15.0 Å². The van der Waals surface area contributed by atoms with Gasteiger partial charge in [0.25, 0.3) is 0 Å². The SMILES string of the molecule is COc1nccc(N(C)c2ccc(C)c(-c3cn(C45CCC(C(=O)NC(c6cccc(S(C)(=O)=O)c6)c6ccc(C)cc6C)(CC4)C5)nn3)c2)n1. The summed E-state index contributed by atoms with van der Waals surface area (Å²) >= 11 is 0. The normalized spacial score (nSPS) is 20.3. The molecule has 12 heteroatoms. The highest BCUT2D eigenvalue weighted by Gasteiger charge is 2.59. The quantitative estimate of drug-likeness (QED) is 0.175. The van der Waals surface area contributed by atoms with E-state index < -0.39 is 21.3 Å². The van der Waals surface area contributed by atoms with Crippen LogP contribution in [-0.4, -0.2) is 59.7 Å². The second-order valence-electron chi connectivity index (χ2n) is 14.3. The number of amides is 1. The summed E-state index contributed by atoms with van der Waals surface area (Å²) in [6.45, 7) is 6.12. The molecule has 3 aromatic carbocycles. The van der Waals surface area contributed by atoms with Crippen LogP contribution in [0.25, 0.3) is 11.3 Å². The van der Waals surface area contributed by atoms with Crippen LogP contribution >= 0.6 is 0 Å². The summed E-state index contributed by atoms with van der Waals surface area (Å²) in [5.74, 6) is 0.693. The molecule has 2 aliphatic rings. The molecule has 51 heavy (non-hydrogen) atoms. The van der Waals surface area contributed by atoms with Gasteiger partial charge in [-0.05, 0) is 105 Å². The predicted molar refractivity (Wildman–Crippen MR) is 196 cm³/mol. The molecule has 2 saturated carbocycles. The maximum atomic E-state index is 14.4.